The summed E-state index contributed by atoms with van der Waals surface area (Å²) in [4.78, 5) is 5.18. The summed E-state index contributed by atoms with van der Waals surface area (Å²) in [5.74, 6) is 0. The molecule has 0 amide bonds. The number of hydroxylamine groups is 1. The van der Waals surface area contributed by atoms with E-state index in [2.05, 4.69) is 19.3 Å². The first-order valence-corrected chi connectivity index (χ1v) is 5.29. The molecule has 0 fully saturated rings. The van der Waals surface area contributed by atoms with Crippen LogP contribution in [-0.2, 0) is 9.57 Å². The first-order valence-electron chi connectivity index (χ1n) is 5.29. The van der Waals surface area contributed by atoms with Crippen molar-refractivity contribution >= 4 is 0 Å². The molecule has 0 spiro atoms. The lowest BCUT2D eigenvalue weighted by Crippen LogP contribution is -2.22. The summed E-state index contributed by atoms with van der Waals surface area (Å²) >= 11 is 0. The van der Waals surface area contributed by atoms with E-state index in [1.807, 2.05) is 6.92 Å². The van der Waals surface area contributed by atoms with Crippen LogP contribution in [0.5, 0.6) is 0 Å². The molecule has 1 atom stereocenters. The molecule has 0 aliphatic carbocycles. The Labute approximate surface area is 81.8 Å². The van der Waals surface area contributed by atoms with Gasteiger partial charge in [0.2, 0.25) is 0 Å². The molecule has 79 valence electrons. The Morgan fingerprint density at radius 3 is 2.46 bits per heavy atom. The summed E-state index contributed by atoms with van der Waals surface area (Å²) in [6, 6.07) is 0. The highest BCUT2D eigenvalue weighted by atomic mass is 16.8. The molecule has 0 bridgehead atoms. The number of unbranched alkanes of at least 4 members (excludes halogenated alkanes) is 1. The number of ether oxygens (including phenoxy) is 1. The second kappa shape index (κ2) is 9.96. The van der Waals surface area contributed by atoms with Gasteiger partial charge in [0.05, 0.1) is 0 Å². The monoisotopic (exact) mass is 188 g/mol. The molecule has 13 heavy (non-hydrogen) atoms. The maximum absolute atomic E-state index is 5.46. The van der Waals surface area contributed by atoms with Crippen molar-refractivity contribution in [2.75, 3.05) is 13.2 Å². The highest BCUT2D eigenvalue weighted by Crippen LogP contribution is 2.00. The molecule has 0 aliphatic heterocycles. The maximum Gasteiger partial charge on any atom is 0.178 e. The van der Waals surface area contributed by atoms with E-state index >= 15 is 0 Å². The zero-order chi connectivity index (χ0) is 9.94. The molecule has 0 saturated carbocycles. The van der Waals surface area contributed by atoms with E-state index in [9.17, 15) is 0 Å². The highest BCUT2D eigenvalue weighted by molar-refractivity contribution is 4.39. The Balaban J connectivity index is 3.28. The van der Waals surface area contributed by atoms with Crippen molar-refractivity contribution in [1.82, 2.24) is 5.48 Å². The Morgan fingerprint density at radius 1 is 1.15 bits per heavy atom. The summed E-state index contributed by atoms with van der Waals surface area (Å²) in [6.07, 6.45) is 3.98. The lowest BCUT2D eigenvalue weighted by Gasteiger charge is -2.14. The van der Waals surface area contributed by atoms with Crippen molar-refractivity contribution in [2.24, 2.45) is 0 Å². The van der Waals surface area contributed by atoms with Crippen molar-refractivity contribution in [3.05, 3.63) is 0 Å². The van der Waals surface area contributed by atoms with Crippen LogP contribution < -0.4 is 5.48 Å². The molecular weight excluding hydrogens is 166 g/mol. The lowest BCUT2D eigenvalue weighted by molar-refractivity contribution is -0.184. The van der Waals surface area contributed by atoms with Crippen LogP contribution in [0.2, 0.25) is 0 Å². The van der Waals surface area contributed by atoms with Crippen molar-refractivity contribution in [1.29, 1.82) is 0 Å². The summed E-state index contributed by atoms with van der Waals surface area (Å²) in [5, 5.41) is 0. The van der Waals surface area contributed by atoms with Gasteiger partial charge < -0.3 is 4.74 Å². The van der Waals surface area contributed by atoms with Crippen LogP contribution in [-0.4, -0.2) is 19.4 Å². The predicted molar refractivity (Wildman–Crippen MR) is 53.3 cm³/mol. The van der Waals surface area contributed by atoms with E-state index in [0.29, 0.717) is 0 Å². The number of rotatable bonds is 9. The van der Waals surface area contributed by atoms with E-state index in [1.165, 1.54) is 0 Å². The molecular formula is C10H22NO2. The Kier molecular flexibility index (Phi) is 9.87. The molecule has 1 radical (unpaired) electrons. The minimum Gasteiger partial charge on any atom is -0.351 e. The van der Waals surface area contributed by atoms with Crippen LogP contribution >= 0.6 is 0 Å². The standard InChI is InChI=1S/C10H22NO2/c1-4-7-9-12-10(6-3)13-11-8-5-2/h10H,4-9H2,1-3H3. The van der Waals surface area contributed by atoms with Crippen LogP contribution in [0.3, 0.4) is 0 Å². The number of hydrogen-bond donors (Lipinski definition) is 0. The van der Waals surface area contributed by atoms with E-state index in [0.717, 1.165) is 38.8 Å². The van der Waals surface area contributed by atoms with Gasteiger partial charge in [-0.25, -0.2) is 0 Å². The molecule has 3 nitrogen and oxygen atoms in total. The summed E-state index contributed by atoms with van der Waals surface area (Å²) in [6.45, 7) is 7.79. The van der Waals surface area contributed by atoms with Gasteiger partial charge in [-0.3, -0.25) is 4.84 Å². The normalized spacial score (nSPS) is 13.2. The van der Waals surface area contributed by atoms with Gasteiger partial charge >= 0.3 is 0 Å². The first-order chi connectivity index (χ1) is 6.35. The second-order valence-electron chi connectivity index (χ2n) is 3.02. The minimum absolute atomic E-state index is 0.141. The molecule has 1 unspecified atom stereocenters. The third-order valence-electron chi connectivity index (χ3n) is 1.64. The molecule has 0 heterocycles. The Bertz CT molecular complexity index is 88.9. The van der Waals surface area contributed by atoms with E-state index in [4.69, 9.17) is 9.57 Å². The molecule has 0 N–H and O–H groups in total. The predicted octanol–water partition coefficient (Wildman–Crippen LogP) is 2.49. The van der Waals surface area contributed by atoms with Crippen molar-refractivity contribution < 1.29 is 9.57 Å². The second-order valence-corrected chi connectivity index (χ2v) is 3.02. The average Bonchev–Trinajstić information content (AvgIpc) is 2.16. The summed E-state index contributed by atoms with van der Waals surface area (Å²) < 4.78 is 5.46. The van der Waals surface area contributed by atoms with Gasteiger partial charge in [-0.15, -0.1) is 0 Å². The fraction of sp³-hybridized carbons (Fsp3) is 1.00. The smallest absolute Gasteiger partial charge is 0.178 e. The quantitative estimate of drug-likeness (QED) is 0.316. The molecule has 0 aromatic rings. The van der Waals surface area contributed by atoms with Gasteiger partial charge in [-0.05, 0) is 19.3 Å². The molecule has 0 saturated heterocycles. The van der Waals surface area contributed by atoms with Crippen LogP contribution in [0.1, 0.15) is 46.5 Å². The van der Waals surface area contributed by atoms with Crippen LogP contribution in [0.25, 0.3) is 0 Å². The van der Waals surface area contributed by atoms with Gasteiger partial charge in [-0.2, -0.15) is 0 Å². The number of nitrogens with zero attached hydrogens (tertiary/aromatic N) is 1. The van der Waals surface area contributed by atoms with Crippen LogP contribution in [0.4, 0.5) is 0 Å². The highest BCUT2D eigenvalue weighted by Gasteiger charge is 2.06. The largest absolute Gasteiger partial charge is 0.351 e. The minimum atomic E-state index is -0.141. The molecule has 0 rings (SSSR count). The first kappa shape index (κ1) is 12.9. The fourth-order valence-corrected chi connectivity index (χ4v) is 0.809. The third kappa shape index (κ3) is 8.22. The maximum atomic E-state index is 5.46. The summed E-state index contributed by atoms with van der Waals surface area (Å²) in [5.41, 5.74) is 3.91. The number of hydrogen-bond acceptors (Lipinski definition) is 2. The summed E-state index contributed by atoms with van der Waals surface area (Å²) in [7, 11) is 0. The average molecular weight is 188 g/mol. The van der Waals surface area contributed by atoms with Gasteiger partial charge in [0.15, 0.2) is 6.29 Å². The Hall–Kier alpha value is -0.120. The van der Waals surface area contributed by atoms with Crippen molar-refractivity contribution in [3.8, 4) is 0 Å². The van der Waals surface area contributed by atoms with Gasteiger partial charge in [-0.1, -0.05) is 32.7 Å². The molecule has 0 aromatic carbocycles. The topological polar surface area (TPSA) is 32.6 Å². The van der Waals surface area contributed by atoms with Crippen molar-refractivity contribution in [2.45, 2.75) is 52.7 Å². The zero-order valence-electron chi connectivity index (χ0n) is 9.08. The van der Waals surface area contributed by atoms with E-state index in [-0.39, 0.29) is 6.29 Å². The lowest BCUT2D eigenvalue weighted by atomic mass is 10.4. The zero-order valence-corrected chi connectivity index (χ0v) is 9.08. The van der Waals surface area contributed by atoms with Gasteiger partial charge in [0, 0.05) is 13.2 Å². The van der Waals surface area contributed by atoms with E-state index < -0.39 is 0 Å². The van der Waals surface area contributed by atoms with Crippen LogP contribution in [0, 0.1) is 0 Å². The fourth-order valence-electron chi connectivity index (χ4n) is 0.809. The Morgan fingerprint density at radius 2 is 1.92 bits per heavy atom. The van der Waals surface area contributed by atoms with Gasteiger partial charge in [0.1, 0.15) is 0 Å². The molecule has 0 aromatic heterocycles. The third-order valence-corrected chi connectivity index (χ3v) is 1.64. The van der Waals surface area contributed by atoms with Crippen molar-refractivity contribution in [3.63, 3.8) is 0 Å². The SMILES string of the molecule is CCCCOC(CC)O[N]CCC. The van der Waals surface area contributed by atoms with Crippen LogP contribution in [0.15, 0.2) is 0 Å². The van der Waals surface area contributed by atoms with Gasteiger partial charge in [0.25, 0.3) is 0 Å². The molecule has 3 heteroatoms. The molecule has 0 aliphatic rings. The van der Waals surface area contributed by atoms with E-state index in [1.54, 1.807) is 0 Å².